The average Bonchev–Trinajstić information content (AvgIpc) is 2.88. The fraction of sp³-hybridized carbons (Fsp3) is 0.500. The molecule has 0 amide bonds. The summed E-state index contributed by atoms with van der Waals surface area (Å²) in [5.74, 6) is 1.05. The lowest BCUT2D eigenvalue weighted by Crippen LogP contribution is -2.30. The SMILES string of the molecule is CCCCCCOc1ccc2c(c1)CC(NCc1ccccc1)CCC2. The van der Waals surface area contributed by atoms with Crippen molar-refractivity contribution in [3.63, 3.8) is 0 Å². The molecular weight excluding hydrogens is 318 g/mol. The average molecular weight is 352 g/mol. The first-order valence-electron chi connectivity index (χ1n) is 10.4. The van der Waals surface area contributed by atoms with Gasteiger partial charge in [-0.05, 0) is 60.9 Å². The van der Waals surface area contributed by atoms with Gasteiger partial charge in [-0.15, -0.1) is 0 Å². The van der Waals surface area contributed by atoms with Crippen LogP contribution in [0.25, 0.3) is 0 Å². The molecule has 3 rings (SSSR count). The molecule has 2 aromatic rings. The zero-order chi connectivity index (χ0) is 18.0. The number of ether oxygens (including phenoxy) is 1. The summed E-state index contributed by atoms with van der Waals surface area (Å²) in [5, 5.41) is 3.76. The summed E-state index contributed by atoms with van der Waals surface area (Å²) >= 11 is 0. The van der Waals surface area contributed by atoms with E-state index in [4.69, 9.17) is 4.74 Å². The van der Waals surface area contributed by atoms with Gasteiger partial charge in [-0.3, -0.25) is 0 Å². The van der Waals surface area contributed by atoms with Crippen LogP contribution in [0.1, 0.15) is 62.1 Å². The molecule has 0 bridgehead atoms. The molecule has 0 aromatic heterocycles. The number of aryl methyl sites for hydroxylation is 1. The van der Waals surface area contributed by atoms with E-state index in [2.05, 4.69) is 60.8 Å². The molecule has 26 heavy (non-hydrogen) atoms. The Hall–Kier alpha value is -1.80. The van der Waals surface area contributed by atoms with E-state index < -0.39 is 0 Å². The predicted molar refractivity (Wildman–Crippen MR) is 110 cm³/mol. The molecule has 0 radical (unpaired) electrons. The van der Waals surface area contributed by atoms with Crippen molar-refractivity contribution < 1.29 is 4.74 Å². The number of fused-ring (bicyclic) bond motifs is 1. The highest BCUT2D eigenvalue weighted by Gasteiger charge is 2.17. The minimum absolute atomic E-state index is 0.552. The highest BCUT2D eigenvalue weighted by atomic mass is 16.5. The second-order valence-electron chi connectivity index (χ2n) is 7.50. The first-order chi connectivity index (χ1) is 12.8. The van der Waals surface area contributed by atoms with Crippen molar-refractivity contribution in [1.82, 2.24) is 5.32 Å². The van der Waals surface area contributed by atoms with Crippen molar-refractivity contribution in [2.75, 3.05) is 6.61 Å². The van der Waals surface area contributed by atoms with E-state index in [1.54, 1.807) is 0 Å². The van der Waals surface area contributed by atoms with Gasteiger partial charge in [0.25, 0.3) is 0 Å². The van der Waals surface area contributed by atoms with E-state index in [0.29, 0.717) is 6.04 Å². The fourth-order valence-electron chi connectivity index (χ4n) is 3.78. The van der Waals surface area contributed by atoms with Gasteiger partial charge < -0.3 is 10.1 Å². The van der Waals surface area contributed by atoms with Crippen molar-refractivity contribution in [2.24, 2.45) is 0 Å². The normalized spacial score (nSPS) is 16.7. The minimum Gasteiger partial charge on any atom is -0.494 e. The molecule has 1 atom stereocenters. The van der Waals surface area contributed by atoms with Gasteiger partial charge in [-0.2, -0.15) is 0 Å². The zero-order valence-corrected chi connectivity index (χ0v) is 16.2. The molecule has 0 saturated heterocycles. The summed E-state index contributed by atoms with van der Waals surface area (Å²) in [6.07, 6.45) is 9.81. The van der Waals surface area contributed by atoms with E-state index in [-0.39, 0.29) is 0 Å². The number of benzene rings is 2. The lowest BCUT2D eigenvalue weighted by atomic mass is 10.0. The van der Waals surface area contributed by atoms with Crippen LogP contribution in [0, 0.1) is 0 Å². The molecule has 2 aromatic carbocycles. The molecule has 1 aliphatic carbocycles. The third-order valence-corrected chi connectivity index (χ3v) is 5.35. The van der Waals surface area contributed by atoms with Crippen LogP contribution in [0.5, 0.6) is 5.75 Å². The summed E-state index contributed by atoms with van der Waals surface area (Å²) in [6, 6.07) is 18.0. The Morgan fingerprint density at radius 2 is 1.88 bits per heavy atom. The van der Waals surface area contributed by atoms with Crippen LogP contribution in [0.15, 0.2) is 48.5 Å². The lowest BCUT2D eigenvalue weighted by Gasteiger charge is -2.17. The quantitative estimate of drug-likeness (QED) is 0.463. The van der Waals surface area contributed by atoms with Crippen LogP contribution < -0.4 is 10.1 Å². The molecule has 0 saturated carbocycles. The Kier molecular flexibility index (Phi) is 7.57. The summed E-state index contributed by atoms with van der Waals surface area (Å²) in [5.41, 5.74) is 4.34. The van der Waals surface area contributed by atoms with Crippen LogP contribution in [0.2, 0.25) is 0 Å². The number of rotatable bonds is 9. The van der Waals surface area contributed by atoms with Crippen LogP contribution in [0.3, 0.4) is 0 Å². The predicted octanol–water partition coefficient (Wildman–Crippen LogP) is 5.68. The molecule has 0 heterocycles. The second-order valence-corrected chi connectivity index (χ2v) is 7.50. The Labute approximate surface area is 159 Å². The monoisotopic (exact) mass is 351 g/mol. The van der Waals surface area contributed by atoms with E-state index in [9.17, 15) is 0 Å². The van der Waals surface area contributed by atoms with Gasteiger partial charge in [0.2, 0.25) is 0 Å². The third-order valence-electron chi connectivity index (χ3n) is 5.35. The van der Waals surface area contributed by atoms with E-state index in [1.807, 2.05) is 0 Å². The number of hydrogen-bond donors (Lipinski definition) is 1. The van der Waals surface area contributed by atoms with Gasteiger partial charge in [0, 0.05) is 12.6 Å². The van der Waals surface area contributed by atoms with Crippen LogP contribution in [-0.2, 0) is 19.4 Å². The van der Waals surface area contributed by atoms with Crippen LogP contribution in [-0.4, -0.2) is 12.6 Å². The third kappa shape index (κ3) is 5.88. The van der Waals surface area contributed by atoms with Crippen molar-refractivity contribution >= 4 is 0 Å². The highest BCUT2D eigenvalue weighted by Crippen LogP contribution is 2.25. The fourth-order valence-corrected chi connectivity index (χ4v) is 3.78. The topological polar surface area (TPSA) is 21.3 Å². The van der Waals surface area contributed by atoms with Crippen molar-refractivity contribution in [3.8, 4) is 5.75 Å². The molecule has 1 aliphatic rings. The molecule has 1 unspecified atom stereocenters. The summed E-state index contributed by atoms with van der Waals surface area (Å²) in [6.45, 7) is 4.04. The van der Waals surface area contributed by atoms with E-state index in [0.717, 1.165) is 31.7 Å². The first kappa shape index (κ1) is 19.0. The molecule has 0 spiro atoms. The maximum absolute atomic E-state index is 6.00. The van der Waals surface area contributed by atoms with Crippen molar-refractivity contribution in [3.05, 3.63) is 65.2 Å². The molecule has 0 fully saturated rings. The molecule has 0 aliphatic heterocycles. The van der Waals surface area contributed by atoms with Gasteiger partial charge in [0.05, 0.1) is 6.61 Å². The summed E-state index contributed by atoms with van der Waals surface area (Å²) < 4.78 is 6.00. The maximum atomic E-state index is 6.00. The van der Waals surface area contributed by atoms with Gasteiger partial charge in [-0.25, -0.2) is 0 Å². The molecular formula is C24H33NO. The van der Waals surface area contributed by atoms with Crippen molar-refractivity contribution in [2.45, 2.75) is 70.9 Å². The van der Waals surface area contributed by atoms with Gasteiger partial charge in [-0.1, -0.05) is 62.6 Å². The maximum Gasteiger partial charge on any atom is 0.119 e. The summed E-state index contributed by atoms with van der Waals surface area (Å²) in [4.78, 5) is 0. The highest BCUT2D eigenvalue weighted by molar-refractivity contribution is 5.37. The zero-order valence-electron chi connectivity index (χ0n) is 16.2. The number of hydrogen-bond acceptors (Lipinski definition) is 2. The van der Waals surface area contributed by atoms with Crippen LogP contribution >= 0.6 is 0 Å². The molecule has 1 N–H and O–H groups in total. The van der Waals surface area contributed by atoms with E-state index in [1.165, 1.54) is 55.2 Å². The Balaban J connectivity index is 1.54. The molecule has 2 heteroatoms. The van der Waals surface area contributed by atoms with Crippen molar-refractivity contribution in [1.29, 1.82) is 0 Å². The van der Waals surface area contributed by atoms with Gasteiger partial charge >= 0.3 is 0 Å². The Bertz CT molecular complexity index is 653. The standard InChI is InChI=1S/C24H33NO/c1-2-3-4-8-16-26-24-15-14-21-12-9-13-23(17-22(21)18-24)25-19-20-10-6-5-7-11-20/h5-7,10-11,14-15,18,23,25H,2-4,8-9,12-13,16-17,19H2,1H3. The summed E-state index contributed by atoms with van der Waals surface area (Å²) in [7, 11) is 0. The van der Waals surface area contributed by atoms with Crippen LogP contribution in [0.4, 0.5) is 0 Å². The lowest BCUT2D eigenvalue weighted by molar-refractivity contribution is 0.304. The van der Waals surface area contributed by atoms with E-state index >= 15 is 0 Å². The molecule has 140 valence electrons. The number of nitrogens with one attached hydrogen (secondary N) is 1. The van der Waals surface area contributed by atoms with Gasteiger partial charge in [0.1, 0.15) is 5.75 Å². The number of unbranched alkanes of at least 4 members (excludes halogenated alkanes) is 3. The molecule has 2 nitrogen and oxygen atoms in total. The smallest absolute Gasteiger partial charge is 0.119 e. The minimum atomic E-state index is 0.552. The Morgan fingerprint density at radius 1 is 1.00 bits per heavy atom. The second kappa shape index (κ2) is 10.4. The largest absolute Gasteiger partial charge is 0.494 e. The van der Waals surface area contributed by atoms with Gasteiger partial charge in [0.15, 0.2) is 0 Å². The first-order valence-corrected chi connectivity index (χ1v) is 10.4. The Morgan fingerprint density at radius 3 is 2.73 bits per heavy atom.